The van der Waals surface area contributed by atoms with E-state index in [1.54, 1.807) is 6.21 Å². The van der Waals surface area contributed by atoms with Crippen molar-refractivity contribution in [2.75, 3.05) is 26.2 Å². The summed E-state index contributed by atoms with van der Waals surface area (Å²) in [5, 5.41) is 23.4. The third-order valence-electron chi connectivity index (χ3n) is 3.69. The van der Waals surface area contributed by atoms with Gasteiger partial charge in [0.2, 0.25) is 0 Å². The monoisotopic (exact) mass is 402 g/mol. The van der Waals surface area contributed by atoms with Gasteiger partial charge in [0.15, 0.2) is 0 Å². The Kier molecular flexibility index (Phi) is 11.0. The van der Waals surface area contributed by atoms with Gasteiger partial charge in [-0.2, -0.15) is 0 Å². The molecular formula is C19H31N2O4V-. The van der Waals surface area contributed by atoms with Gasteiger partial charge in [0, 0.05) is 30.5 Å². The molecule has 0 unspecified atom stereocenters. The second-order valence-corrected chi connectivity index (χ2v) is 8.20. The van der Waals surface area contributed by atoms with Crippen LogP contribution < -0.4 is 0 Å². The minimum atomic E-state index is -1.81. The molecule has 0 amide bonds. The third kappa shape index (κ3) is 8.94. The predicted octanol–water partition coefficient (Wildman–Crippen LogP) is 3.53. The van der Waals surface area contributed by atoms with Crippen LogP contribution in [0.3, 0.4) is 0 Å². The summed E-state index contributed by atoms with van der Waals surface area (Å²) in [6.45, 7) is 14.5. The molecule has 0 bridgehead atoms. The minimum absolute atomic E-state index is 0.00670. The fraction of sp³-hybridized carbons (Fsp3) is 0.632. The van der Waals surface area contributed by atoms with Crippen molar-refractivity contribution in [3.05, 3.63) is 34.1 Å². The van der Waals surface area contributed by atoms with Crippen LogP contribution >= 0.6 is 0 Å². The van der Waals surface area contributed by atoms with E-state index in [-0.39, 0.29) is 17.4 Å². The van der Waals surface area contributed by atoms with Gasteiger partial charge in [0.05, 0.1) is 0 Å². The van der Waals surface area contributed by atoms with E-state index in [9.17, 15) is 5.11 Å². The van der Waals surface area contributed by atoms with Gasteiger partial charge in [0.25, 0.3) is 0 Å². The molecule has 0 saturated carbocycles. The number of nitrogens with zero attached hydrogens (tertiary/aromatic N) is 2. The summed E-state index contributed by atoms with van der Waals surface area (Å²) < 4.78 is 16.9. The first-order valence-corrected chi connectivity index (χ1v) is 9.70. The number of rotatable bonds is 6. The van der Waals surface area contributed by atoms with E-state index in [0.29, 0.717) is 25.4 Å². The Morgan fingerprint density at radius 1 is 1.08 bits per heavy atom. The Morgan fingerprint density at radius 2 is 1.65 bits per heavy atom. The second kappa shape index (κ2) is 11.5. The van der Waals surface area contributed by atoms with Gasteiger partial charge in [0.1, 0.15) is 5.75 Å². The topological polar surface area (TPSA) is 101 Å². The van der Waals surface area contributed by atoms with Crippen molar-refractivity contribution in [1.29, 1.82) is 0 Å². The number of benzene rings is 1. The molecule has 0 radical (unpaired) electrons. The number of aliphatic imine (C=N–C) groups is 1. The summed E-state index contributed by atoms with van der Waals surface area (Å²) in [7, 11) is 0. The molecule has 0 spiro atoms. The van der Waals surface area contributed by atoms with E-state index in [1.165, 1.54) is 5.56 Å². The summed E-state index contributed by atoms with van der Waals surface area (Å²) >= 11 is -1.81. The molecular weight excluding hydrogens is 371 g/mol. The van der Waals surface area contributed by atoms with Crippen LogP contribution in [0.25, 0.3) is 5.32 Å². The van der Waals surface area contributed by atoms with Crippen LogP contribution in [0.2, 0.25) is 0 Å². The summed E-state index contributed by atoms with van der Waals surface area (Å²) in [5.74, 6) is 0.307. The Morgan fingerprint density at radius 3 is 2.12 bits per heavy atom. The van der Waals surface area contributed by atoms with Crippen molar-refractivity contribution in [3.63, 3.8) is 0 Å². The summed E-state index contributed by atoms with van der Waals surface area (Å²) in [5.41, 5.74) is 2.75. The van der Waals surface area contributed by atoms with Crippen molar-refractivity contribution < 1.29 is 33.7 Å². The molecule has 147 valence electrons. The number of aliphatic hydroxyl groups excluding tert-OH is 1. The molecule has 1 aromatic carbocycles. The van der Waals surface area contributed by atoms with Crippen LogP contribution in [-0.2, 0) is 34.4 Å². The number of phenols is 1. The van der Waals surface area contributed by atoms with Gasteiger partial charge < -0.3 is 15.5 Å². The second-order valence-electron chi connectivity index (χ2n) is 7.97. The number of aromatic hydroxyl groups is 1. The average molecular weight is 402 g/mol. The van der Waals surface area contributed by atoms with Gasteiger partial charge in [-0.3, -0.25) is 4.99 Å². The molecule has 26 heavy (non-hydrogen) atoms. The van der Waals surface area contributed by atoms with E-state index in [4.69, 9.17) is 12.5 Å². The van der Waals surface area contributed by atoms with Crippen LogP contribution in [0, 0.1) is 0 Å². The van der Waals surface area contributed by atoms with Crippen LogP contribution in [-0.4, -0.2) is 42.7 Å². The molecule has 0 fully saturated rings. The zero-order valence-corrected chi connectivity index (χ0v) is 18.0. The van der Waals surface area contributed by atoms with Crippen LogP contribution in [0.5, 0.6) is 5.75 Å². The summed E-state index contributed by atoms with van der Waals surface area (Å²) in [6.07, 6.45) is 1.73. The Hall–Kier alpha value is -1.21. The standard InChI is InChI=1S/C19H31N2O2.2O.V/c1-18(2,3)15-11-14(13-21-8-7-20-9-10-22)17(23)16(12-15)19(4,5)6;;;/h11-13,22-23H,7-10H2,1-6H3;;;/q-1;;;. The van der Waals surface area contributed by atoms with Crippen molar-refractivity contribution in [1.82, 2.24) is 0 Å². The van der Waals surface area contributed by atoms with Gasteiger partial charge >= 0.3 is 23.5 Å². The van der Waals surface area contributed by atoms with Crippen molar-refractivity contribution in [2.24, 2.45) is 4.99 Å². The quantitative estimate of drug-likeness (QED) is 0.561. The fourth-order valence-electron chi connectivity index (χ4n) is 2.23. The SMILES string of the molecule is CC(C)(C)c1cc(C=NCC[N-]CCO)c(O)c(C(C)(C)C)c1.[O]=[V]=[O]. The predicted molar refractivity (Wildman–Crippen MR) is 99.5 cm³/mol. The van der Waals surface area contributed by atoms with E-state index < -0.39 is 16.2 Å². The number of hydrogen-bond acceptors (Lipinski definition) is 5. The molecule has 0 aliphatic heterocycles. The first-order valence-electron chi connectivity index (χ1n) is 8.56. The molecule has 1 aromatic rings. The van der Waals surface area contributed by atoms with Crippen LogP contribution in [0.4, 0.5) is 0 Å². The number of phenolic OH excluding ortho intramolecular Hbond substituents is 1. The zero-order chi connectivity index (χ0) is 20.4. The molecule has 0 aliphatic carbocycles. The molecule has 0 aliphatic rings. The summed E-state index contributed by atoms with van der Waals surface area (Å²) in [4.78, 5) is 4.36. The zero-order valence-electron chi connectivity index (χ0n) is 16.6. The van der Waals surface area contributed by atoms with Crippen LogP contribution in [0.1, 0.15) is 58.2 Å². The van der Waals surface area contributed by atoms with E-state index in [1.807, 2.05) is 6.07 Å². The van der Waals surface area contributed by atoms with Crippen LogP contribution in [0.15, 0.2) is 17.1 Å². The van der Waals surface area contributed by atoms with Crippen molar-refractivity contribution in [3.8, 4) is 5.75 Å². The van der Waals surface area contributed by atoms with E-state index >= 15 is 0 Å². The summed E-state index contributed by atoms with van der Waals surface area (Å²) in [6, 6.07) is 4.11. The van der Waals surface area contributed by atoms with E-state index in [2.05, 4.69) is 57.9 Å². The Labute approximate surface area is 163 Å². The first kappa shape index (κ1) is 24.8. The molecule has 1 rings (SSSR count). The van der Waals surface area contributed by atoms with Gasteiger partial charge in [-0.25, -0.2) is 0 Å². The Bertz CT molecular complexity index is 626. The molecule has 0 saturated heterocycles. The number of hydrogen-bond donors (Lipinski definition) is 2. The van der Waals surface area contributed by atoms with Crippen molar-refractivity contribution in [2.45, 2.75) is 52.4 Å². The molecule has 6 nitrogen and oxygen atoms in total. The molecule has 7 heteroatoms. The maximum atomic E-state index is 10.6. The first-order chi connectivity index (χ1) is 12.0. The normalized spacial score (nSPS) is 11.8. The Balaban J connectivity index is 0.00000194. The third-order valence-corrected chi connectivity index (χ3v) is 3.69. The van der Waals surface area contributed by atoms with Gasteiger partial charge in [-0.15, -0.1) is 13.1 Å². The molecule has 0 aromatic heterocycles. The van der Waals surface area contributed by atoms with Gasteiger partial charge in [-0.05, 0) is 22.5 Å². The molecule has 2 N–H and O–H groups in total. The molecule has 0 heterocycles. The average Bonchev–Trinajstić information content (AvgIpc) is 2.50. The number of aliphatic hydroxyl groups is 1. The molecule has 0 atom stereocenters. The van der Waals surface area contributed by atoms with Gasteiger partial charge in [-0.1, -0.05) is 47.6 Å². The van der Waals surface area contributed by atoms with E-state index in [0.717, 1.165) is 11.1 Å². The maximum absolute atomic E-state index is 10.6. The fourth-order valence-corrected chi connectivity index (χ4v) is 2.23. The van der Waals surface area contributed by atoms with Crippen molar-refractivity contribution >= 4 is 6.21 Å².